The van der Waals surface area contributed by atoms with Crippen LogP contribution in [0.2, 0.25) is 0 Å². The first-order valence-corrected chi connectivity index (χ1v) is 7.14. The largest absolute Gasteiger partial charge is 0.497 e. The summed E-state index contributed by atoms with van der Waals surface area (Å²) in [5.74, 6) is 0.351. The summed E-state index contributed by atoms with van der Waals surface area (Å²) < 4.78 is 10.5. The third-order valence-corrected chi connectivity index (χ3v) is 3.51. The Kier molecular flexibility index (Phi) is 5.37. The fraction of sp³-hybridized carbons (Fsp3) is 0.211. The van der Waals surface area contributed by atoms with Gasteiger partial charge in [0.2, 0.25) is 0 Å². The summed E-state index contributed by atoms with van der Waals surface area (Å²) in [6.07, 6.45) is 1.80. The zero-order valence-corrected chi connectivity index (χ0v) is 12.9. The average Bonchev–Trinajstić information content (AvgIpc) is 2.56. The van der Waals surface area contributed by atoms with E-state index in [9.17, 15) is 4.79 Å². The predicted molar refractivity (Wildman–Crippen MR) is 87.4 cm³/mol. The van der Waals surface area contributed by atoms with Crippen LogP contribution in [0.3, 0.4) is 0 Å². The van der Waals surface area contributed by atoms with Gasteiger partial charge < -0.3 is 9.47 Å². The van der Waals surface area contributed by atoms with E-state index in [1.807, 2.05) is 31.2 Å². The van der Waals surface area contributed by atoms with Crippen LogP contribution in [0.15, 0.2) is 61.2 Å². The van der Waals surface area contributed by atoms with E-state index in [-0.39, 0.29) is 18.5 Å². The van der Waals surface area contributed by atoms with Crippen molar-refractivity contribution < 1.29 is 14.3 Å². The van der Waals surface area contributed by atoms with Crippen molar-refractivity contribution in [3.8, 4) is 5.75 Å². The normalized spacial score (nSPS) is 11.5. The van der Waals surface area contributed by atoms with E-state index in [0.29, 0.717) is 11.3 Å². The van der Waals surface area contributed by atoms with Gasteiger partial charge in [0.25, 0.3) is 0 Å². The number of methoxy groups -OCH3 is 1. The summed E-state index contributed by atoms with van der Waals surface area (Å²) in [4.78, 5) is 12.1. The molecule has 0 N–H and O–H groups in total. The van der Waals surface area contributed by atoms with Crippen molar-refractivity contribution in [3.63, 3.8) is 0 Å². The molecule has 0 aliphatic carbocycles. The van der Waals surface area contributed by atoms with Gasteiger partial charge in [-0.1, -0.05) is 35.9 Å². The number of carbonyl (C=O) groups excluding carboxylic acids is 1. The van der Waals surface area contributed by atoms with Crippen LogP contribution in [-0.4, -0.2) is 19.7 Å². The third kappa shape index (κ3) is 3.98. The molecular weight excluding hydrogens is 276 g/mol. The number of hydrogen-bond acceptors (Lipinski definition) is 3. The van der Waals surface area contributed by atoms with Crippen LogP contribution in [0.1, 0.15) is 27.4 Å². The maximum absolute atomic E-state index is 12.1. The van der Waals surface area contributed by atoms with E-state index < -0.39 is 0 Å². The summed E-state index contributed by atoms with van der Waals surface area (Å²) in [5.41, 5.74) is 2.79. The zero-order valence-electron chi connectivity index (χ0n) is 12.9. The summed E-state index contributed by atoms with van der Waals surface area (Å²) in [7, 11) is 1.59. The maximum Gasteiger partial charge on any atom is 0.338 e. The van der Waals surface area contributed by atoms with Crippen molar-refractivity contribution in [1.82, 2.24) is 0 Å². The van der Waals surface area contributed by atoms with Gasteiger partial charge in [-0.15, -0.1) is 6.58 Å². The second kappa shape index (κ2) is 7.46. The summed E-state index contributed by atoms with van der Waals surface area (Å²) in [5, 5.41) is 0. The molecule has 0 fully saturated rings. The Morgan fingerprint density at radius 1 is 1.14 bits per heavy atom. The molecule has 22 heavy (non-hydrogen) atoms. The van der Waals surface area contributed by atoms with E-state index in [1.54, 1.807) is 37.5 Å². The van der Waals surface area contributed by atoms with Crippen molar-refractivity contribution in [2.75, 3.05) is 13.7 Å². The number of benzene rings is 2. The molecule has 0 amide bonds. The number of ether oxygens (including phenoxy) is 2. The first-order chi connectivity index (χ1) is 10.6. The van der Waals surface area contributed by atoms with Crippen molar-refractivity contribution in [1.29, 1.82) is 0 Å². The molecule has 3 nitrogen and oxygen atoms in total. The van der Waals surface area contributed by atoms with Crippen molar-refractivity contribution in [2.24, 2.45) is 0 Å². The minimum atomic E-state index is -0.346. The molecule has 114 valence electrons. The predicted octanol–water partition coefficient (Wildman–Crippen LogP) is 4.13. The van der Waals surface area contributed by atoms with Gasteiger partial charge in [-0.3, -0.25) is 0 Å². The average molecular weight is 296 g/mol. The van der Waals surface area contributed by atoms with Gasteiger partial charge in [-0.05, 0) is 36.8 Å². The molecule has 0 radical (unpaired) electrons. The van der Waals surface area contributed by atoms with Crippen LogP contribution >= 0.6 is 0 Å². The number of rotatable bonds is 6. The molecule has 0 aliphatic heterocycles. The molecule has 0 unspecified atom stereocenters. The minimum Gasteiger partial charge on any atom is -0.497 e. The molecule has 0 bridgehead atoms. The lowest BCUT2D eigenvalue weighted by Crippen LogP contribution is -2.11. The highest BCUT2D eigenvalue weighted by Gasteiger charge is 2.12. The Hall–Kier alpha value is -2.55. The monoisotopic (exact) mass is 296 g/mol. The SMILES string of the molecule is C=C[C@@H](COC(=O)c1ccc(OC)cc1)c1ccc(C)cc1. The topological polar surface area (TPSA) is 35.5 Å². The lowest BCUT2D eigenvalue weighted by Gasteiger charge is -2.14. The molecule has 3 heteroatoms. The molecule has 2 rings (SSSR count). The quantitative estimate of drug-likeness (QED) is 0.594. The molecule has 2 aromatic carbocycles. The summed E-state index contributed by atoms with van der Waals surface area (Å²) in [6.45, 7) is 6.14. The highest BCUT2D eigenvalue weighted by atomic mass is 16.5. The first-order valence-electron chi connectivity index (χ1n) is 7.14. The molecule has 0 spiro atoms. The highest BCUT2D eigenvalue weighted by molar-refractivity contribution is 5.89. The van der Waals surface area contributed by atoms with Crippen LogP contribution in [-0.2, 0) is 4.74 Å². The van der Waals surface area contributed by atoms with Crippen LogP contribution in [0, 0.1) is 6.92 Å². The molecule has 0 saturated heterocycles. The number of carbonyl (C=O) groups is 1. The second-order valence-corrected chi connectivity index (χ2v) is 5.08. The van der Waals surface area contributed by atoms with Gasteiger partial charge in [0.05, 0.1) is 12.7 Å². The summed E-state index contributed by atoms with van der Waals surface area (Å²) in [6, 6.07) is 15.0. The van der Waals surface area contributed by atoms with Crippen molar-refractivity contribution >= 4 is 5.97 Å². The standard InChI is InChI=1S/C19H20O3/c1-4-15(16-7-5-14(2)6-8-16)13-22-19(20)17-9-11-18(21-3)12-10-17/h4-12,15H,1,13H2,2-3H3/t15-/m0/s1. The molecule has 0 saturated carbocycles. The van der Waals surface area contributed by atoms with Gasteiger partial charge in [0.15, 0.2) is 0 Å². The van der Waals surface area contributed by atoms with Gasteiger partial charge in [-0.2, -0.15) is 0 Å². The third-order valence-electron chi connectivity index (χ3n) is 3.51. The smallest absolute Gasteiger partial charge is 0.338 e. The Bertz CT molecular complexity index is 627. The van der Waals surface area contributed by atoms with Gasteiger partial charge in [-0.25, -0.2) is 4.79 Å². The Labute approximate surface area is 131 Å². The van der Waals surface area contributed by atoms with E-state index in [2.05, 4.69) is 6.58 Å². The van der Waals surface area contributed by atoms with Gasteiger partial charge in [0.1, 0.15) is 12.4 Å². The Morgan fingerprint density at radius 3 is 2.32 bits per heavy atom. The fourth-order valence-electron chi connectivity index (χ4n) is 2.09. The second-order valence-electron chi connectivity index (χ2n) is 5.08. The van der Waals surface area contributed by atoms with Crippen LogP contribution < -0.4 is 4.74 Å². The molecule has 2 aromatic rings. The lowest BCUT2D eigenvalue weighted by atomic mass is 9.99. The number of esters is 1. The zero-order chi connectivity index (χ0) is 15.9. The van der Waals surface area contributed by atoms with E-state index in [1.165, 1.54) is 5.56 Å². The summed E-state index contributed by atoms with van der Waals surface area (Å²) >= 11 is 0. The molecular formula is C19H20O3. The van der Waals surface area contributed by atoms with Crippen LogP contribution in [0.25, 0.3) is 0 Å². The lowest BCUT2D eigenvalue weighted by molar-refractivity contribution is 0.0494. The van der Waals surface area contributed by atoms with Crippen molar-refractivity contribution in [3.05, 3.63) is 77.9 Å². The first kappa shape index (κ1) is 15.8. The maximum atomic E-state index is 12.1. The van der Waals surface area contributed by atoms with E-state index in [0.717, 1.165) is 5.56 Å². The molecule has 0 heterocycles. The Morgan fingerprint density at radius 2 is 1.77 bits per heavy atom. The fourth-order valence-corrected chi connectivity index (χ4v) is 2.09. The molecule has 0 aromatic heterocycles. The highest BCUT2D eigenvalue weighted by Crippen LogP contribution is 2.19. The molecule has 0 aliphatic rings. The van der Waals surface area contributed by atoms with E-state index in [4.69, 9.17) is 9.47 Å². The van der Waals surface area contributed by atoms with Gasteiger partial charge >= 0.3 is 5.97 Å². The van der Waals surface area contributed by atoms with Crippen molar-refractivity contribution in [2.45, 2.75) is 12.8 Å². The number of hydrogen-bond donors (Lipinski definition) is 0. The van der Waals surface area contributed by atoms with Gasteiger partial charge in [0, 0.05) is 5.92 Å². The van der Waals surface area contributed by atoms with Crippen LogP contribution in [0.4, 0.5) is 0 Å². The van der Waals surface area contributed by atoms with E-state index >= 15 is 0 Å². The number of aryl methyl sites for hydroxylation is 1. The Balaban J connectivity index is 1.98. The minimum absolute atomic E-state index is 0.0113. The molecule has 1 atom stereocenters. The van der Waals surface area contributed by atoms with Crippen LogP contribution in [0.5, 0.6) is 5.75 Å².